The fourth-order valence-corrected chi connectivity index (χ4v) is 5.21. The molecule has 0 spiro atoms. The number of hydrogen-bond donors (Lipinski definition) is 0. The normalized spacial score (nSPS) is 10.7. The lowest BCUT2D eigenvalue weighted by molar-refractivity contribution is 0.0714. The van der Waals surface area contributed by atoms with Crippen molar-refractivity contribution in [2.75, 3.05) is 13.2 Å². The van der Waals surface area contributed by atoms with Gasteiger partial charge in [-0.05, 0) is 133 Å². The van der Waals surface area contributed by atoms with Gasteiger partial charge in [0.25, 0.3) is 0 Å². The number of rotatable bonds is 14. The lowest BCUT2D eigenvalue weighted by Gasteiger charge is -2.10. The minimum absolute atomic E-state index is 0.112. The standard InChI is InChI=1S/C44H34F2O10/c1-3-21-51-33-13-7-28(8-14-33)41(47)55-39-19-11-30(25-37(39)45)43(49)53-35-17-5-27-6-18-36(24-32(27)23-35)54-44(50)31-12-20-40(38(46)26-31)56-42(48)29-9-15-34(16-10-29)52-22-4-2/h5-20,23-26H,3-4,21-22H2,1-2H3. The number of carbonyl (C=O) groups is 4. The smallest absolute Gasteiger partial charge is 0.343 e. The third kappa shape index (κ3) is 9.71. The minimum atomic E-state index is -0.949. The SMILES string of the molecule is CCCOc1ccc(C(=O)Oc2ccc(C(=O)Oc3ccc4ccc(OC(=O)c5ccc(OC(=O)c6ccc(OCCC)cc6)c(F)c5)cc4c3)cc2F)cc1. The van der Waals surface area contributed by atoms with Crippen LogP contribution in [0, 0.1) is 11.6 Å². The highest BCUT2D eigenvalue weighted by molar-refractivity contribution is 5.95. The third-order valence-corrected chi connectivity index (χ3v) is 8.07. The van der Waals surface area contributed by atoms with E-state index in [1.807, 2.05) is 13.8 Å². The van der Waals surface area contributed by atoms with Crippen LogP contribution in [0.15, 0.2) is 121 Å². The molecule has 0 aliphatic rings. The van der Waals surface area contributed by atoms with Gasteiger partial charge in [-0.15, -0.1) is 0 Å². The summed E-state index contributed by atoms with van der Waals surface area (Å²) in [6.07, 6.45) is 1.66. The Hall–Kier alpha value is -7.08. The zero-order chi connectivity index (χ0) is 39.6. The van der Waals surface area contributed by atoms with Gasteiger partial charge in [0.1, 0.15) is 23.0 Å². The number of benzene rings is 6. The first kappa shape index (κ1) is 38.6. The van der Waals surface area contributed by atoms with Crippen molar-refractivity contribution in [2.24, 2.45) is 0 Å². The largest absolute Gasteiger partial charge is 0.494 e. The van der Waals surface area contributed by atoms with E-state index < -0.39 is 35.5 Å². The Morgan fingerprint density at radius 1 is 0.411 bits per heavy atom. The Morgan fingerprint density at radius 3 is 1.14 bits per heavy atom. The van der Waals surface area contributed by atoms with Gasteiger partial charge in [0.05, 0.1) is 35.5 Å². The summed E-state index contributed by atoms with van der Waals surface area (Å²) in [5.41, 5.74) is 0.0971. The Labute approximate surface area is 320 Å². The first-order valence-corrected chi connectivity index (χ1v) is 17.6. The Bertz CT molecular complexity index is 2230. The maximum Gasteiger partial charge on any atom is 0.343 e. The second-order valence-corrected chi connectivity index (χ2v) is 12.3. The predicted molar refractivity (Wildman–Crippen MR) is 201 cm³/mol. The van der Waals surface area contributed by atoms with Crippen LogP contribution in [0.25, 0.3) is 10.8 Å². The molecule has 0 unspecified atom stereocenters. The zero-order valence-electron chi connectivity index (χ0n) is 30.2. The highest BCUT2D eigenvalue weighted by atomic mass is 19.1. The number of esters is 4. The molecule has 6 aromatic rings. The van der Waals surface area contributed by atoms with Crippen LogP contribution in [-0.4, -0.2) is 37.1 Å². The van der Waals surface area contributed by atoms with Crippen molar-refractivity contribution >= 4 is 34.6 Å². The molecular weight excluding hydrogens is 726 g/mol. The highest BCUT2D eigenvalue weighted by Crippen LogP contribution is 2.28. The van der Waals surface area contributed by atoms with Gasteiger partial charge in [0.2, 0.25) is 0 Å². The molecule has 6 aromatic carbocycles. The Morgan fingerprint density at radius 2 is 0.768 bits per heavy atom. The van der Waals surface area contributed by atoms with Crippen LogP contribution in [0.4, 0.5) is 8.78 Å². The Balaban J connectivity index is 1.06. The van der Waals surface area contributed by atoms with Gasteiger partial charge >= 0.3 is 23.9 Å². The van der Waals surface area contributed by atoms with E-state index in [0.717, 1.165) is 37.1 Å². The van der Waals surface area contributed by atoms with Crippen LogP contribution < -0.4 is 28.4 Å². The van der Waals surface area contributed by atoms with Crippen LogP contribution >= 0.6 is 0 Å². The molecule has 284 valence electrons. The lowest BCUT2D eigenvalue weighted by Crippen LogP contribution is -2.12. The molecule has 0 bridgehead atoms. The van der Waals surface area contributed by atoms with Gasteiger partial charge in [0, 0.05) is 0 Å². The highest BCUT2D eigenvalue weighted by Gasteiger charge is 2.19. The number of fused-ring (bicyclic) bond motifs is 1. The van der Waals surface area contributed by atoms with Crippen LogP contribution in [0.2, 0.25) is 0 Å². The van der Waals surface area contributed by atoms with Gasteiger partial charge in [-0.1, -0.05) is 26.0 Å². The molecule has 0 heterocycles. The first-order valence-electron chi connectivity index (χ1n) is 17.6. The van der Waals surface area contributed by atoms with Gasteiger partial charge in [-0.25, -0.2) is 28.0 Å². The monoisotopic (exact) mass is 760 g/mol. The molecule has 0 saturated heterocycles. The Kier molecular flexibility index (Phi) is 12.3. The van der Waals surface area contributed by atoms with Crippen molar-refractivity contribution in [1.29, 1.82) is 0 Å². The number of halogens is 2. The van der Waals surface area contributed by atoms with Crippen LogP contribution in [0.1, 0.15) is 68.1 Å². The van der Waals surface area contributed by atoms with Crippen LogP contribution in [-0.2, 0) is 0 Å². The second-order valence-electron chi connectivity index (χ2n) is 12.3. The van der Waals surface area contributed by atoms with E-state index in [-0.39, 0.29) is 45.3 Å². The first-order chi connectivity index (χ1) is 27.1. The lowest BCUT2D eigenvalue weighted by atomic mass is 10.1. The van der Waals surface area contributed by atoms with Crippen molar-refractivity contribution in [1.82, 2.24) is 0 Å². The maximum absolute atomic E-state index is 14.9. The number of hydrogen-bond acceptors (Lipinski definition) is 10. The van der Waals surface area contributed by atoms with E-state index in [0.29, 0.717) is 35.5 Å². The third-order valence-electron chi connectivity index (χ3n) is 8.07. The van der Waals surface area contributed by atoms with E-state index in [1.165, 1.54) is 60.7 Å². The van der Waals surface area contributed by atoms with Crippen molar-refractivity contribution in [2.45, 2.75) is 26.7 Å². The van der Waals surface area contributed by atoms with E-state index in [4.69, 9.17) is 28.4 Å². The van der Waals surface area contributed by atoms with E-state index in [9.17, 15) is 28.0 Å². The molecule has 0 N–H and O–H groups in total. The molecule has 0 saturated carbocycles. The van der Waals surface area contributed by atoms with E-state index >= 15 is 0 Å². The molecule has 0 amide bonds. The molecule has 0 aliphatic carbocycles. The van der Waals surface area contributed by atoms with Gasteiger partial charge in [0.15, 0.2) is 23.1 Å². The van der Waals surface area contributed by atoms with Gasteiger partial charge in [-0.2, -0.15) is 0 Å². The summed E-state index contributed by atoms with van der Waals surface area (Å²) in [6, 6.07) is 28.5. The summed E-state index contributed by atoms with van der Waals surface area (Å²) in [5, 5.41) is 1.24. The summed E-state index contributed by atoms with van der Waals surface area (Å²) in [4.78, 5) is 51.0. The molecule has 10 nitrogen and oxygen atoms in total. The quantitative estimate of drug-likeness (QED) is 0.0783. The molecule has 0 aromatic heterocycles. The second kappa shape index (κ2) is 17.8. The zero-order valence-corrected chi connectivity index (χ0v) is 30.2. The molecule has 0 atom stereocenters. The van der Waals surface area contributed by atoms with Crippen molar-refractivity contribution < 1.29 is 56.4 Å². The number of carbonyl (C=O) groups excluding carboxylic acids is 4. The average molecular weight is 761 g/mol. The molecule has 6 rings (SSSR count). The van der Waals surface area contributed by atoms with Crippen molar-refractivity contribution in [3.8, 4) is 34.5 Å². The summed E-state index contributed by atoms with van der Waals surface area (Å²) in [5.74, 6) is -4.58. The molecule has 0 radical (unpaired) electrons. The summed E-state index contributed by atoms with van der Waals surface area (Å²) in [7, 11) is 0. The summed E-state index contributed by atoms with van der Waals surface area (Å²) in [6.45, 7) is 5.00. The van der Waals surface area contributed by atoms with Crippen molar-refractivity contribution in [3.05, 3.63) is 155 Å². The summed E-state index contributed by atoms with van der Waals surface area (Å²) >= 11 is 0. The molecular formula is C44H34F2O10. The van der Waals surface area contributed by atoms with E-state index in [2.05, 4.69) is 0 Å². The van der Waals surface area contributed by atoms with Gasteiger partial charge in [-0.3, -0.25) is 0 Å². The molecule has 0 fully saturated rings. The summed E-state index contributed by atoms with van der Waals surface area (Å²) < 4.78 is 62.1. The molecule has 12 heteroatoms. The topological polar surface area (TPSA) is 124 Å². The number of ether oxygens (including phenoxy) is 6. The molecule has 56 heavy (non-hydrogen) atoms. The van der Waals surface area contributed by atoms with Gasteiger partial charge < -0.3 is 28.4 Å². The maximum atomic E-state index is 14.9. The fourth-order valence-electron chi connectivity index (χ4n) is 5.21. The van der Waals surface area contributed by atoms with Crippen LogP contribution in [0.5, 0.6) is 34.5 Å². The predicted octanol–water partition coefficient (Wildman–Crippen LogP) is 9.57. The average Bonchev–Trinajstić information content (AvgIpc) is 3.20. The van der Waals surface area contributed by atoms with Crippen LogP contribution in [0.3, 0.4) is 0 Å². The van der Waals surface area contributed by atoms with E-state index in [1.54, 1.807) is 36.4 Å². The fraction of sp³-hybridized carbons (Fsp3) is 0.136. The van der Waals surface area contributed by atoms with Crippen molar-refractivity contribution in [3.63, 3.8) is 0 Å². The molecule has 0 aliphatic heterocycles. The minimum Gasteiger partial charge on any atom is -0.494 e.